The van der Waals surface area contributed by atoms with Crippen LogP contribution in [0, 0.1) is 12.3 Å². The molecule has 1 aliphatic heterocycles. The number of aryl methyl sites for hydroxylation is 1. The summed E-state index contributed by atoms with van der Waals surface area (Å²) in [5.41, 5.74) is 2.96. The molecule has 0 radical (unpaired) electrons. The molecule has 0 atom stereocenters. The van der Waals surface area contributed by atoms with Crippen LogP contribution in [0.4, 0.5) is 5.69 Å². The summed E-state index contributed by atoms with van der Waals surface area (Å²) in [7, 11) is 0. The summed E-state index contributed by atoms with van der Waals surface area (Å²) < 4.78 is 0. The maximum absolute atomic E-state index is 4.79. The van der Waals surface area contributed by atoms with Crippen LogP contribution < -0.4 is 5.32 Å². The highest BCUT2D eigenvalue weighted by Gasteiger charge is 2.34. The van der Waals surface area contributed by atoms with Crippen LogP contribution in [0.5, 0.6) is 0 Å². The van der Waals surface area contributed by atoms with Gasteiger partial charge in [0.2, 0.25) is 0 Å². The van der Waals surface area contributed by atoms with Gasteiger partial charge in [0.1, 0.15) is 0 Å². The Labute approximate surface area is 120 Å². The van der Waals surface area contributed by atoms with Crippen LogP contribution in [0.2, 0.25) is 0 Å². The van der Waals surface area contributed by atoms with Gasteiger partial charge in [-0.1, -0.05) is 48.7 Å². The van der Waals surface area contributed by atoms with E-state index in [1.807, 2.05) is 11.8 Å². The van der Waals surface area contributed by atoms with Crippen molar-refractivity contribution in [3.05, 3.63) is 29.8 Å². The molecule has 1 fully saturated rings. The molecule has 3 rings (SSSR count). The van der Waals surface area contributed by atoms with Gasteiger partial charge < -0.3 is 5.32 Å². The predicted octanol–water partition coefficient (Wildman–Crippen LogP) is 4.46. The molecule has 1 spiro atoms. The van der Waals surface area contributed by atoms with E-state index < -0.39 is 0 Å². The van der Waals surface area contributed by atoms with Gasteiger partial charge in [0.05, 0.1) is 0 Å². The van der Waals surface area contributed by atoms with Gasteiger partial charge in [-0.2, -0.15) is 0 Å². The lowest BCUT2D eigenvalue weighted by Crippen LogP contribution is -2.35. The number of aliphatic imine (C=N–C) groups is 1. The molecular weight excluding hydrogens is 252 g/mol. The molecule has 0 unspecified atom stereocenters. The molecule has 1 aliphatic carbocycles. The number of rotatable bonds is 1. The summed E-state index contributed by atoms with van der Waals surface area (Å²) in [5, 5.41) is 4.54. The molecule has 2 aliphatic rings. The third-order valence-corrected chi connectivity index (χ3v) is 5.55. The Morgan fingerprint density at radius 2 is 1.84 bits per heavy atom. The van der Waals surface area contributed by atoms with Crippen LogP contribution in [-0.4, -0.2) is 17.5 Å². The number of thioether (sulfide) groups is 1. The lowest BCUT2D eigenvalue weighted by Gasteiger charge is -2.38. The Bertz CT molecular complexity index is 458. The fourth-order valence-corrected chi connectivity index (χ4v) is 4.16. The summed E-state index contributed by atoms with van der Waals surface area (Å²) in [4.78, 5) is 4.79. The maximum Gasteiger partial charge on any atom is 0.161 e. The number of benzene rings is 1. The van der Waals surface area contributed by atoms with Crippen LogP contribution in [0.15, 0.2) is 29.3 Å². The van der Waals surface area contributed by atoms with Crippen molar-refractivity contribution in [2.45, 2.75) is 39.0 Å². The van der Waals surface area contributed by atoms with Crippen molar-refractivity contribution < 1.29 is 0 Å². The quantitative estimate of drug-likeness (QED) is 0.817. The molecule has 0 saturated heterocycles. The van der Waals surface area contributed by atoms with Crippen molar-refractivity contribution in [3.63, 3.8) is 0 Å². The molecule has 1 heterocycles. The molecule has 1 saturated carbocycles. The van der Waals surface area contributed by atoms with Crippen LogP contribution in [0.3, 0.4) is 0 Å². The Morgan fingerprint density at radius 3 is 2.47 bits per heavy atom. The maximum atomic E-state index is 4.79. The molecule has 0 bridgehead atoms. The zero-order chi connectivity index (χ0) is 13.1. The number of hydrogen-bond acceptors (Lipinski definition) is 3. The van der Waals surface area contributed by atoms with Gasteiger partial charge in [-0.05, 0) is 37.3 Å². The molecular formula is C16H22N2S. The molecule has 2 nitrogen and oxygen atoms in total. The van der Waals surface area contributed by atoms with Crippen molar-refractivity contribution in [3.8, 4) is 0 Å². The lowest BCUT2D eigenvalue weighted by molar-refractivity contribution is 0.232. The summed E-state index contributed by atoms with van der Waals surface area (Å²) in [5.74, 6) is 1.24. The summed E-state index contributed by atoms with van der Waals surface area (Å²) in [6, 6.07) is 8.53. The minimum Gasteiger partial charge on any atom is -0.335 e. The lowest BCUT2D eigenvalue weighted by atomic mass is 9.75. The van der Waals surface area contributed by atoms with E-state index in [2.05, 4.69) is 36.5 Å². The first-order valence-corrected chi connectivity index (χ1v) is 8.25. The van der Waals surface area contributed by atoms with Crippen LogP contribution in [0.25, 0.3) is 0 Å². The molecule has 3 heteroatoms. The van der Waals surface area contributed by atoms with Gasteiger partial charge in [-0.3, -0.25) is 4.99 Å². The monoisotopic (exact) mass is 274 g/mol. The molecule has 102 valence electrons. The minimum atomic E-state index is 0.515. The number of anilines is 1. The average molecular weight is 274 g/mol. The summed E-state index contributed by atoms with van der Waals surface area (Å²) >= 11 is 1.91. The largest absolute Gasteiger partial charge is 0.335 e. The van der Waals surface area contributed by atoms with Gasteiger partial charge in [0.25, 0.3) is 0 Å². The van der Waals surface area contributed by atoms with Crippen LogP contribution in [0.1, 0.15) is 37.7 Å². The van der Waals surface area contributed by atoms with Crippen molar-refractivity contribution >= 4 is 22.6 Å². The number of nitrogens with one attached hydrogen (secondary N) is 1. The van der Waals surface area contributed by atoms with Crippen LogP contribution in [-0.2, 0) is 0 Å². The highest BCUT2D eigenvalue weighted by atomic mass is 32.2. The van der Waals surface area contributed by atoms with Gasteiger partial charge in [0.15, 0.2) is 5.17 Å². The van der Waals surface area contributed by atoms with E-state index in [4.69, 9.17) is 4.99 Å². The van der Waals surface area contributed by atoms with E-state index in [0.29, 0.717) is 5.41 Å². The average Bonchev–Trinajstić information content (AvgIpc) is 2.45. The number of amidine groups is 1. The SMILES string of the molecule is Cc1ccc(NC2=NCC3(CCCCC3)CS2)cc1. The Morgan fingerprint density at radius 1 is 1.11 bits per heavy atom. The van der Waals surface area contributed by atoms with Gasteiger partial charge in [-0.25, -0.2) is 0 Å². The topological polar surface area (TPSA) is 24.4 Å². The zero-order valence-electron chi connectivity index (χ0n) is 11.6. The van der Waals surface area contributed by atoms with Crippen molar-refractivity contribution in [2.24, 2.45) is 10.4 Å². The fraction of sp³-hybridized carbons (Fsp3) is 0.562. The minimum absolute atomic E-state index is 0.515. The first-order chi connectivity index (χ1) is 9.26. The highest BCUT2D eigenvalue weighted by molar-refractivity contribution is 8.14. The Balaban J connectivity index is 1.63. The number of nitrogens with zero attached hydrogens (tertiary/aromatic N) is 1. The second-order valence-electron chi connectivity index (χ2n) is 5.96. The molecule has 0 amide bonds. The van der Waals surface area contributed by atoms with Crippen molar-refractivity contribution in [1.82, 2.24) is 0 Å². The van der Waals surface area contributed by atoms with E-state index in [9.17, 15) is 0 Å². The number of hydrogen-bond donors (Lipinski definition) is 1. The van der Waals surface area contributed by atoms with E-state index in [1.54, 1.807) is 0 Å². The Hall–Kier alpha value is -0.960. The molecule has 19 heavy (non-hydrogen) atoms. The molecule has 1 aromatic rings. The van der Waals surface area contributed by atoms with Crippen LogP contribution >= 0.6 is 11.8 Å². The smallest absolute Gasteiger partial charge is 0.161 e. The van der Waals surface area contributed by atoms with E-state index in [-0.39, 0.29) is 0 Å². The fourth-order valence-electron chi connectivity index (χ4n) is 2.99. The first-order valence-electron chi connectivity index (χ1n) is 7.27. The van der Waals surface area contributed by atoms with Crippen molar-refractivity contribution in [1.29, 1.82) is 0 Å². The summed E-state index contributed by atoms with van der Waals surface area (Å²) in [6.07, 6.45) is 6.97. The molecule has 0 aromatic heterocycles. The second-order valence-corrected chi connectivity index (χ2v) is 6.93. The third kappa shape index (κ3) is 3.14. The third-order valence-electron chi connectivity index (χ3n) is 4.29. The summed E-state index contributed by atoms with van der Waals surface area (Å²) in [6.45, 7) is 3.14. The Kier molecular flexibility index (Phi) is 3.83. The van der Waals surface area contributed by atoms with Gasteiger partial charge in [0, 0.05) is 18.0 Å². The zero-order valence-corrected chi connectivity index (χ0v) is 12.4. The van der Waals surface area contributed by atoms with Crippen molar-refractivity contribution in [2.75, 3.05) is 17.6 Å². The van der Waals surface area contributed by atoms with Gasteiger partial charge >= 0.3 is 0 Å². The predicted molar refractivity (Wildman–Crippen MR) is 85.1 cm³/mol. The normalized spacial score (nSPS) is 22.1. The van der Waals surface area contributed by atoms with E-state index in [1.165, 1.54) is 43.4 Å². The van der Waals surface area contributed by atoms with E-state index >= 15 is 0 Å². The van der Waals surface area contributed by atoms with Gasteiger partial charge in [-0.15, -0.1) is 0 Å². The first kappa shape index (κ1) is 13.0. The molecule has 1 aromatic carbocycles. The highest BCUT2D eigenvalue weighted by Crippen LogP contribution is 2.41. The molecule has 1 N–H and O–H groups in total. The van der Waals surface area contributed by atoms with E-state index in [0.717, 1.165) is 17.4 Å². The second kappa shape index (κ2) is 5.58. The standard InChI is InChI=1S/C16H22N2S/c1-13-5-7-14(8-6-13)18-15-17-11-16(12-19-15)9-3-2-4-10-16/h5-8H,2-4,9-12H2,1H3,(H,17,18).